The number of nitrogens with one attached hydrogen (secondary N) is 1. The van der Waals surface area contributed by atoms with E-state index in [1.165, 1.54) is 6.07 Å². The number of hydrogen-bond donors (Lipinski definition) is 1. The summed E-state index contributed by atoms with van der Waals surface area (Å²) in [6.07, 6.45) is 0.587. The van der Waals surface area contributed by atoms with Crippen LogP contribution in [0, 0.1) is 18.7 Å². The smallest absolute Gasteiger partial charge is 0.227 e. The fourth-order valence-corrected chi connectivity index (χ4v) is 2.81. The van der Waals surface area contributed by atoms with E-state index in [9.17, 15) is 9.18 Å². The number of hydrogen-bond acceptors (Lipinski definition) is 2. The van der Waals surface area contributed by atoms with Gasteiger partial charge in [0.1, 0.15) is 18.2 Å². The Hall–Kier alpha value is -2.07. The molecule has 2 aromatic carbocycles. The molecule has 5 heteroatoms. The molecule has 1 heterocycles. The van der Waals surface area contributed by atoms with Gasteiger partial charge in [0, 0.05) is 11.6 Å². The predicted octanol–water partition coefficient (Wildman–Crippen LogP) is 3.66. The van der Waals surface area contributed by atoms with Crippen molar-refractivity contribution in [1.82, 2.24) is 5.32 Å². The van der Waals surface area contributed by atoms with Crippen LogP contribution in [0.15, 0.2) is 36.4 Å². The van der Waals surface area contributed by atoms with Crippen molar-refractivity contribution < 1.29 is 13.9 Å². The van der Waals surface area contributed by atoms with Gasteiger partial charge in [-0.3, -0.25) is 4.79 Å². The van der Waals surface area contributed by atoms with Crippen LogP contribution in [0.5, 0.6) is 5.75 Å². The van der Waals surface area contributed by atoms with Crippen LogP contribution in [-0.2, 0) is 17.8 Å². The Kier molecular flexibility index (Phi) is 4.53. The van der Waals surface area contributed by atoms with Gasteiger partial charge >= 0.3 is 0 Å². The molecule has 0 spiro atoms. The Morgan fingerprint density at radius 3 is 2.96 bits per heavy atom. The van der Waals surface area contributed by atoms with Crippen molar-refractivity contribution in [2.24, 2.45) is 5.92 Å². The molecule has 0 aliphatic carbocycles. The second kappa shape index (κ2) is 6.59. The minimum atomic E-state index is -0.267. The molecule has 0 saturated carbocycles. The molecule has 3 rings (SSSR count). The normalized spacial score (nSPS) is 16.4. The number of halogens is 2. The van der Waals surface area contributed by atoms with Crippen molar-refractivity contribution in [2.45, 2.75) is 19.9 Å². The van der Waals surface area contributed by atoms with Gasteiger partial charge in [-0.15, -0.1) is 0 Å². The Bertz CT molecular complexity index is 748. The van der Waals surface area contributed by atoms with Crippen molar-refractivity contribution in [3.8, 4) is 5.75 Å². The van der Waals surface area contributed by atoms with Gasteiger partial charge in [0.2, 0.25) is 5.91 Å². The van der Waals surface area contributed by atoms with E-state index in [2.05, 4.69) is 5.32 Å². The molecule has 0 unspecified atom stereocenters. The van der Waals surface area contributed by atoms with Crippen molar-refractivity contribution in [2.75, 3.05) is 6.61 Å². The first-order chi connectivity index (χ1) is 11.0. The summed E-state index contributed by atoms with van der Waals surface area (Å²) in [6.45, 7) is 2.34. The highest BCUT2D eigenvalue weighted by Crippen LogP contribution is 2.29. The monoisotopic (exact) mass is 333 g/mol. The van der Waals surface area contributed by atoms with E-state index in [1.807, 2.05) is 18.2 Å². The van der Waals surface area contributed by atoms with E-state index in [0.717, 1.165) is 16.9 Å². The summed E-state index contributed by atoms with van der Waals surface area (Å²) in [4.78, 5) is 12.3. The van der Waals surface area contributed by atoms with Crippen LogP contribution in [0.4, 0.5) is 4.39 Å². The minimum absolute atomic E-state index is 0.100. The third-order valence-electron chi connectivity index (χ3n) is 4.00. The van der Waals surface area contributed by atoms with E-state index < -0.39 is 0 Å². The van der Waals surface area contributed by atoms with Crippen molar-refractivity contribution in [1.29, 1.82) is 0 Å². The number of fused-ring (bicyclic) bond motifs is 1. The summed E-state index contributed by atoms with van der Waals surface area (Å²) in [6, 6.07) is 10.4. The largest absolute Gasteiger partial charge is 0.492 e. The van der Waals surface area contributed by atoms with Gasteiger partial charge in [-0.1, -0.05) is 23.7 Å². The molecule has 0 aromatic heterocycles. The first-order valence-electron chi connectivity index (χ1n) is 7.47. The van der Waals surface area contributed by atoms with Gasteiger partial charge in [-0.05, 0) is 54.3 Å². The zero-order valence-electron chi connectivity index (χ0n) is 12.7. The van der Waals surface area contributed by atoms with Gasteiger partial charge in [-0.25, -0.2) is 4.39 Å². The Morgan fingerprint density at radius 1 is 1.35 bits per heavy atom. The van der Waals surface area contributed by atoms with Crippen LogP contribution in [0.1, 0.15) is 16.7 Å². The van der Waals surface area contributed by atoms with Crippen LogP contribution < -0.4 is 10.1 Å². The summed E-state index contributed by atoms with van der Waals surface area (Å²) in [7, 11) is 0. The first kappa shape index (κ1) is 15.8. The van der Waals surface area contributed by atoms with E-state index in [0.29, 0.717) is 30.2 Å². The first-order valence-corrected chi connectivity index (χ1v) is 7.84. The lowest BCUT2D eigenvalue weighted by Crippen LogP contribution is -2.37. The lowest BCUT2D eigenvalue weighted by Gasteiger charge is -2.24. The average molecular weight is 334 g/mol. The highest BCUT2D eigenvalue weighted by molar-refractivity contribution is 6.30. The molecular formula is C18H17ClFNO2. The maximum absolute atomic E-state index is 13.5. The van der Waals surface area contributed by atoms with Gasteiger partial charge in [0.25, 0.3) is 0 Å². The zero-order chi connectivity index (χ0) is 16.4. The summed E-state index contributed by atoms with van der Waals surface area (Å²) in [5, 5.41) is 3.47. The van der Waals surface area contributed by atoms with Crippen LogP contribution in [0.25, 0.3) is 0 Å². The third kappa shape index (κ3) is 3.64. The molecular weight excluding hydrogens is 317 g/mol. The Labute approximate surface area is 139 Å². The van der Waals surface area contributed by atoms with Gasteiger partial charge in [0.15, 0.2) is 0 Å². The van der Waals surface area contributed by atoms with Crippen molar-refractivity contribution >= 4 is 17.5 Å². The average Bonchev–Trinajstić information content (AvgIpc) is 2.55. The van der Waals surface area contributed by atoms with E-state index in [4.69, 9.17) is 16.3 Å². The maximum Gasteiger partial charge on any atom is 0.227 e. The van der Waals surface area contributed by atoms with Gasteiger partial charge < -0.3 is 10.1 Å². The van der Waals surface area contributed by atoms with E-state index in [1.54, 1.807) is 19.1 Å². The minimum Gasteiger partial charge on any atom is -0.492 e. The molecule has 0 bridgehead atoms. The molecule has 120 valence electrons. The van der Waals surface area contributed by atoms with Gasteiger partial charge in [-0.2, -0.15) is 0 Å². The van der Waals surface area contributed by atoms with Crippen molar-refractivity contribution in [3.63, 3.8) is 0 Å². The highest BCUT2D eigenvalue weighted by atomic mass is 35.5. The molecule has 0 radical (unpaired) electrons. The summed E-state index contributed by atoms with van der Waals surface area (Å²) >= 11 is 5.98. The van der Waals surface area contributed by atoms with Gasteiger partial charge in [0.05, 0.1) is 5.92 Å². The lowest BCUT2D eigenvalue weighted by atomic mass is 9.96. The summed E-state index contributed by atoms with van der Waals surface area (Å²) in [5.41, 5.74) is 2.26. The SMILES string of the molecule is Cc1ccc(CNC(=O)[C@H]2COc3ccc(Cl)cc3C2)cc1F. The number of carbonyl (C=O) groups is 1. The molecule has 0 saturated heterocycles. The van der Waals surface area contributed by atoms with E-state index >= 15 is 0 Å². The predicted molar refractivity (Wildman–Crippen MR) is 87.1 cm³/mol. The molecule has 2 aromatic rings. The molecule has 1 amide bonds. The number of aryl methyl sites for hydroxylation is 1. The number of carbonyl (C=O) groups excluding carboxylic acids is 1. The highest BCUT2D eigenvalue weighted by Gasteiger charge is 2.26. The quantitative estimate of drug-likeness (QED) is 0.931. The number of rotatable bonds is 3. The molecule has 1 atom stereocenters. The fourth-order valence-electron chi connectivity index (χ4n) is 2.61. The summed E-state index contributed by atoms with van der Waals surface area (Å²) < 4.78 is 19.1. The lowest BCUT2D eigenvalue weighted by molar-refractivity contribution is -0.126. The Morgan fingerprint density at radius 2 is 2.17 bits per heavy atom. The molecule has 0 fully saturated rings. The topological polar surface area (TPSA) is 38.3 Å². The molecule has 1 N–H and O–H groups in total. The van der Waals surface area contributed by atoms with Crippen LogP contribution in [0.3, 0.4) is 0 Å². The number of amides is 1. The third-order valence-corrected chi connectivity index (χ3v) is 4.24. The molecule has 1 aliphatic heterocycles. The number of benzene rings is 2. The second-order valence-electron chi connectivity index (χ2n) is 5.77. The molecule has 1 aliphatic rings. The molecule has 23 heavy (non-hydrogen) atoms. The summed E-state index contributed by atoms with van der Waals surface area (Å²) in [5.74, 6) is 0.147. The fraction of sp³-hybridized carbons (Fsp3) is 0.278. The van der Waals surface area contributed by atoms with Crippen LogP contribution in [-0.4, -0.2) is 12.5 Å². The second-order valence-corrected chi connectivity index (χ2v) is 6.20. The van der Waals surface area contributed by atoms with Crippen LogP contribution >= 0.6 is 11.6 Å². The van der Waals surface area contributed by atoms with Crippen molar-refractivity contribution in [3.05, 3.63) is 63.9 Å². The Balaban J connectivity index is 1.62. The van der Waals surface area contributed by atoms with E-state index in [-0.39, 0.29) is 17.6 Å². The van der Waals surface area contributed by atoms with Crippen LogP contribution in [0.2, 0.25) is 5.02 Å². The zero-order valence-corrected chi connectivity index (χ0v) is 13.5. The molecule has 3 nitrogen and oxygen atoms in total. The maximum atomic E-state index is 13.5. The standard InChI is InChI=1S/C18H17ClFNO2/c1-11-2-3-12(6-16(11)20)9-21-18(22)14-7-13-8-15(19)4-5-17(13)23-10-14/h2-6,8,14H,7,9-10H2,1H3,(H,21,22)/t14-/m1/s1. The number of ether oxygens (including phenoxy) is 1.